The van der Waals surface area contributed by atoms with Crippen molar-refractivity contribution >= 4 is 35.5 Å². The summed E-state index contributed by atoms with van der Waals surface area (Å²) in [5.41, 5.74) is 12.8. The first-order valence-corrected chi connectivity index (χ1v) is 17.9. The lowest BCUT2D eigenvalue weighted by Gasteiger charge is -2.29. The van der Waals surface area contributed by atoms with Crippen LogP contribution in [0.2, 0.25) is 0 Å². The predicted octanol–water partition coefficient (Wildman–Crippen LogP) is 1.16. The van der Waals surface area contributed by atoms with Crippen LogP contribution in [0.3, 0.4) is 0 Å². The van der Waals surface area contributed by atoms with Gasteiger partial charge in [-0.05, 0) is 62.1 Å². The van der Waals surface area contributed by atoms with E-state index in [2.05, 4.69) is 26.6 Å². The second kappa shape index (κ2) is 22.2. The molecule has 6 unspecified atom stereocenters. The number of aliphatic carboxylic acids is 1. The Morgan fingerprint density at radius 2 is 1.04 bits per heavy atom. The van der Waals surface area contributed by atoms with Crippen LogP contribution in [-0.2, 0) is 41.6 Å². The SMILES string of the molecule is CC(C)CC(NC(=O)C(NC(=O)C(Cc1ccccc1)NC(=O)C(Cc1ccccc1)NC(=O)C(C)N)C(C)C)C(=O)NC(CCCCN)C(=O)O. The quantitative estimate of drug-likeness (QED) is 0.0813. The van der Waals surface area contributed by atoms with Crippen molar-refractivity contribution in [2.45, 2.75) is 109 Å². The van der Waals surface area contributed by atoms with Gasteiger partial charge in [0.25, 0.3) is 0 Å². The molecular formula is C38H57N7O7. The fourth-order valence-corrected chi connectivity index (χ4v) is 5.47. The third-order valence-electron chi connectivity index (χ3n) is 8.39. The van der Waals surface area contributed by atoms with E-state index in [0.717, 1.165) is 11.1 Å². The van der Waals surface area contributed by atoms with Crippen molar-refractivity contribution in [3.05, 3.63) is 71.8 Å². The summed E-state index contributed by atoms with van der Waals surface area (Å²) in [7, 11) is 0. The largest absolute Gasteiger partial charge is 0.480 e. The number of hydrogen-bond acceptors (Lipinski definition) is 8. The molecule has 0 fully saturated rings. The van der Waals surface area contributed by atoms with Crippen LogP contribution in [0.15, 0.2) is 60.7 Å². The van der Waals surface area contributed by atoms with Gasteiger partial charge in [0.15, 0.2) is 0 Å². The van der Waals surface area contributed by atoms with Crippen LogP contribution < -0.4 is 38.1 Å². The third kappa shape index (κ3) is 15.2. The Kier molecular flexibility index (Phi) is 18.5. The zero-order valence-corrected chi connectivity index (χ0v) is 30.9. The van der Waals surface area contributed by atoms with Gasteiger partial charge >= 0.3 is 5.97 Å². The first-order chi connectivity index (χ1) is 24.6. The molecule has 14 nitrogen and oxygen atoms in total. The van der Waals surface area contributed by atoms with Gasteiger partial charge in [-0.25, -0.2) is 4.79 Å². The minimum atomic E-state index is -1.19. The number of carbonyl (C=O) groups is 6. The van der Waals surface area contributed by atoms with E-state index in [4.69, 9.17) is 11.5 Å². The molecule has 0 aliphatic rings. The lowest BCUT2D eigenvalue weighted by Crippen LogP contribution is -2.60. The standard InChI is InChI=1S/C38H57N7O7/c1-23(2)20-29(34(47)41-28(38(51)52)18-12-13-19-39)44-37(50)32(24(3)4)45-36(49)31(22-27-16-10-7-11-17-27)43-35(48)30(42-33(46)25(5)40)21-26-14-8-6-9-15-26/h6-11,14-17,23-25,28-32H,12-13,18-22,39-40H2,1-5H3,(H,41,47)(H,42,46)(H,43,48)(H,44,50)(H,45,49)(H,51,52). The van der Waals surface area contributed by atoms with E-state index >= 15 is 0 Å². The number of unbranched alkanes of at least 4 members (excludes halogenated alkanes) is 1. The number of carboxylic acid groups (broad SMARTS) is 1. The van der Waals surface area contributed by atoms with Gasteiger partial charge in [0.1, 0.15) is 30.2 Å². The molecule has 2 aromatic carbocycles. The fourth-order valence-electron chi connectivity index (χ4n) is 5.47. The Labute approximate surface area is 306 Å². The highest BCUT2D eigenvalue weighted by Gasteiger charge is 2.34. The van der Waals surface area contributed by atoms with E-state index in [9.17, 15) is 33.9 Å². The Hall–Kier alpha value is -4.82. The molecule has 0 radical (unpaired) electrons. The Morgan fingerprint density at radius 1 is 0.596 bits per heavy atom. The monoisotopic (exact) mass is 723 g/mol. The second-order valence-electron chi connectivity index (χ2n) is 13.9. The van der Waals surface area contributed by atoms with Crippen LogP contribution in [0.4, 0.5) is 0 Å². The smallest absolute Gasteiger partial charge is 0.326 e. The summed E-state index contributed by atoms with van der Waals surface area (Å²) in [5.74, 6) is -4.78. The van der Waals surface area contributed by atoms with Crippen LogP contribution in [0.5, 0.6) is 0 Å². The van der Waals surface area contributed by atoms with Crippen molar-refractivity contribution in [3.63, 3.8) is 0 Å². The average molecular weight is 724 g/mol. The number of carboxylic acids is 1. The molecule has 5 amide bonds. The molecule has 0 aliphatic carbocycles. The van der Waals surface area contributed by atoms with Crippen LogP contribution in [0, 0.1) is 11.8 Å². The number of nitrogens with one attached hydrogen (secondary N) is 5. The molecule has 0 spiro atoms. The van der Waals surface area contributed by atoms with E-state index < -0.39 is 77.7 Å². The van der Waals surface area contributed by atoms with E-state index in [-0.39, 0.29) is 31.6 Å². The molecule has 0 heterocycles. The van der Waals surface area contributed by atoms with Crippen molar-refractivity contribution in [2.75, 3.05) is 6.54 Å². The first kappa shape index (κ1) is 43.3. The molecular weight excluding hydrogens is 666 g/mol. The highest BCUT2D eigenvalue weighted by Crippen LogP contribution is 2.12. The van der Waals surface area contributed by atoms with Crippen molar-refractivity contribution in [1.82, 2.24) is 26.6 Å². The van der Waals surface area contributed by atoms with Crippen LogP contribution in [0.25, 0.3) is 0 Å². The van der Waals surface area contributed by atoms with Gasteiger partial charge in [-0.1, -0.05) is 88.4 Å². The summed E-state index contributed by atoms with van der Waals surface area (Å²) in [6.45, 7) is 9.07. The molecule has 0 aromatic heterocycles. The minimum Gasteiger partial charge on any atom is -0.480 e. The van der Waals surface area contributed by atoms with E-state index in [0.29, 0.717) is 19.4 Å². The highest BCUT2D eigenvalue weighted by atomic mass is 16.4. The number of benzene rings is 2. The summed E-state index contributed by atoms with van der Waals surface area (Å²) < 4.78 is 0. The van der Waals surface area contributed by atoms with Crippen molar-refractivity contribution in [1.29, 1.82) is 0 Å². The molecule has 0 saturated heterocycles. The molecule has 0 bridgehead atoms. The van der Waals surface area contributed by atoms with Gasteiger partial charge in [0.2, 0.25) is 29.5 Å². The van der Waals surface area contributed by atoms with E-state index in [1.807, 2.05) is 50.2 Å². The summed E-state index contributed by atoms with van der Waals surface area (Å²) in [6.07, 6.45) is 1.71. The third-order valence-corrected chi connectivity index (χ3v) is 8.39. The van der Waals surface area contributed by atoms with Gasteiger partial charge < -0.3 is 43.2 Å². The number of hydrogen-bond donors (Lipinski definition) is 8. The van der Waals surface area contributed by atoms with Crippen LogP contribution in [-0.4, -0.2) is 83.4 Å². The Morgan fingerprint density at radius 3 is 1.48 bits per heavy atom. The van der Waals surface area contributed by atoms with Crippen molar-refractivity contribution < 1.29 is 33.9 Å². The zero-order valence-electron chi connectivity index (χ0n) is 30.9. The van der Waals surface area contributed by atoms with Crippen LogP contribution in [0.1, 0.15) is 71.4 Å². The van der Waals surface area contributed by atoms with Crippen molar-refractivity contribution in [3.8, 4) is 0 Å². The molecule has 0 aliphatic heterocycles. The number of rotatable bonds is 22. The summed E-state index contributed by atoms with van der Waals surface area (Å²) >= 11 is 0. The topological polar surface area (TPSA) is 235 Å². The lowest BCUT2D eigenvalue weighted by atomic mass is 9.98. The average Bonchev–Trinajstić information content (AvgIpc) is 3.09. The first-order valence-electron chi connectivity index (χ1n) is 17.9. The molecule has 0 saturated carbocycles. The Bertz CT molecular complexity index is 1450. The molecule has 2 rings (SSSR count). The van der Waals surface area contributed by atoms with Gasteiger partial charge in [-0.2, -0.15) is 0 Å². The molecule has 14 heteroatoms. The lowest BCUT2D eigenvalue weighted by molar-refractivity contribution is -0.142. The highest BCUT2D eigenvalue weighted by molar-refractivity contribution is 5.96. The van der Waals surface area contributed by atoms with Gasteiger partial charge in [-0.15, -0.1) is 0 Å². The number of amides is 5. The summed E-state index contributed by atoms with van der Waals surface area (Å²) in [4.78, 5) is 79.3. The second-order valence-corrected chi connectivity index (χ2v) is 13.9. The van der Waals surface area contributed by atoms with Crippen molar-refractivity contribution in [2.24, 2.45) is 23.3 Å². The molecule has 10 N–H and O–H groups in total. The fraction of sp³-hybridized carbons (Fsp3) is 0.526. The van der Waals surface area contributed by atoms with Gasteiger partial charge in [0.05, 0.1) is 6.04 Å². The molecule has 6 atom stereocenters. The maximum Gasteiger partial charge on any atom is 0.326 e. The zero-order chi connectivity index (χ0) is 38.8. The summed E-state index contributed by atoms with van der Waals surface area (Å²) in [5, 5.41) is 23.2. The maximum absolute atomic E-state index is 14.0. The summed E-state index contributed by atoms with van der Waals surface area (Å²) in [6, 6.07) is 11.6. The molecule has 286 valence electrons. The number of nitrogens with two attached hydrogens (primary N) is 2. The van der Waals surface area contributed by atoms with E-state index in [1.165, 1.54) is 6.92 Å². The predicted molar refractivity (Wildman–Crippen MR) is 198 cm³/mol. The Balaban J connectivity index is 2.33. The normalized spacial score (nSPS) is 14.6. The minimum absolute atomic E-state index is 0.0410. The van der Waals surface area contributed by atoms with Gasteiger partial charge in [0, 0.05) is 12.8 Å². The molecule has 52 heavy (non-hydrogen) atoms. The van der Waals surface area contributed by atoms with E-state index in [1.54, 1.807) is 38.1 Å². The maximum atomic E-state index is 14.0. The van der Waals surface area contributed by atoms with Gasteiger partial charge in [-0.3, -0.25) is 24.0 Å². The molecule has 2 aromatic rings. The number of carbonyl (C=O) groups excluding carboxylic acids is 5. The van der Waals surface area contributed by atoms with Crippen LogP contribution >= 0.6 is 0 Å².